The number of rotatable bonds is 22. The zero-order chi connectivity index (χ0) is 95.1. The lowest BCUT2D eigenvalue weighted by atomic mass is 10.2. The molecule has 18 rings (SSSR count). The first-order valence-electron chi connectivity index (χ1n) is 40.3. The molecule has 41 heteroatoms. The molecule has 15 aromatic rings. The maximum atomic E-state index is 12.9. The standard InChI is InChI=1S/C21H20N4O3S.C18H14N4O3S2.C18H15N3O5S.C18H15N3O4S.C18H17N3O3S/c1-16-5-4-13-25(16)18-7-9-19(10-8-18)29(27,28)24-14-11-17(15-24)23-21(26)20-6-2-3-12-22-20;1-12-20-15-6-5-14(10-17(15)26-12)27(24,25)22-9-7-13(11-22)21-18(23)16-4-2-3-8-19-16;22-18(15-3-1-2-7-19-15)20-13-6-8-21(12-13)27(23,24)14-4-5-16-17(11-14)26-10-9-25-16;1-13(22)14-5-7-16(8-6-14)26(24,25)21-11-9-15(12-21)20-18(23)17-4-2-3-10-19-17;1-13-6-8-16(9-7-13)25(23,24)21-12-15(11-14(21)2)20-18(22)17-5-3-4-10-19-17/h2-3,6-12,14-15H,1,4-5,13H2,(H,23,26);2-11,20H,1H2,(H,21,23);1-8,11-12H,9-10H2,(H,20,22);2-12,22H,1H2,(H,20,23);3-12H,1-2H3,(H,20,22). The van der Waals surface area contributed by atoms with Gasteiger partial charge in [0.25, 0.3) is 79.7 Å². The first-order valence-corrected chi connectivity index (χ1v) is 48.3. The monoisotopic (exact) mass is 1920 g/mol. The van der Waals surface area contributed by atoms with E-state index in [-0.39, 0.29) is 58.7 Å². The zero-order valence-electron chi connectivity index (χ0n) is 70.9. The van der Waals surface area contributed by atoms with Crippen molar-refractivity contribution in [3.63, 3.8) is 0 Å². The summed E-state index contributed by atoms with van der Waals surface area (Å²) in [5.41, 5.74) is 7.72. The number of carbonyl (C=O) groups is 5. The highest BCUT2D eigenvalue weighted by atomic mass is 32.2. The third kappa shape index (κ3) is 22.5. The van der Waals surface area contributed by atoms with Crippen molar-refractivity contribution in [2.24, 2.45) is 0 Å². The number of aromatic nitrogens is 10. The summed E-state index contributed by atoms with van der Waals surface area (Å²) in [6.45, 7) is 16.5. The Bertz CT molecular complexity index is 7540. The summed E-state index contributed by atoms with van der Waals surface area (Å²) >= 11 is 1.38. The first-order chi connectivity index (χ1) is 64.2. The summed E-state index contributed by atoms with van der Waals surface area (Å²) in [5.74, 6) is -1.33. The Morgan fingerprint density at radius 1 is 0.403 bits per heavy atom. The average molecular weight is 1920 g/mol. The number of amides is 5. The van der Waals surface area contributed by atoms with Gasteiger partial charge in [-0.05, 0) is 209 Å². The Balaban J connectivity index is 0.000000135. The van der Waals surface area contributed by atoms with E-state index < -0.39 is 79.7 Å². The van der Waals surface area contributed by atoms with Crippen LogP contribution in [0, 0.1) is 13.8 Å². The number of fused-ring (bicyclic) bond motifs is 2. The Kier molecular flexibility index (Phi) is 28.7. The molecular weight excluding hydrogens is 1840 g/mol. The Morgan fingerprint density at radius 3 is 1.15 bits per heavy atom. The first kappa shape index (κ1) is 94.0. The molecule has 35 nitrogen and oxygen atoms in total. The van der Waals surface area contributed by atoms with Crippen LogP contribution >= 0.6 is 11.8 Å². The second-order valence-electron chi connectivity index (χ2n) is 29.2. The fourth-order valence-corrected chi connectivity index (χ4v) is 20.2. The van der Waals surface area contributed by atoms with Crippen LogP contribution in [0.1, 0.15) is 82.1 Å². The minimum Gasteiger partial charge on any atom is -0.508 e. The topological polar surface area (TPSA) is 459 Å². The molecule has 5 aromatic carbocycles. The quantitative estimate of drug-likeness (QED) is 0.0310. The van der Waals surface area contributed by atoms with Gasteiger partial charge >= 0.3 is 0 Å². The second kappa shape index (κ2) is 40.9. The van der Waals surface area contributed by atoms with E-state index in [4.69, 9.17) is 9.47 Å². The minimum absolute atomic E-state index is 0.0423. The van der Waals surface area contributed by atoms with Gasteiger partial charge in [-0.2, -0.15) is 0 Å². The van der Waals surface area contributed by atoms with Gasteiger partial charge in [0.05, 0.1) is 63.6 Å². The number of benzene rings is 5. The van der Waals surface area contributed by atoms with Crippen LogP contribution in [-0.4, -0.2) is 141 Å². The summed E-state index contributed by atoms with van der Waals surface area (Å²) in [4.78, 5) is 84.0. The number of nitrogens with zero attached hydrogens (tertiary/aromatic N) is 11. The highest BCUT2D eigenvalue weighted by molar-refractivity contribution is 8.03. The molecule has 1 fully saturated rings. The van der Waals surface area contributed by atoms with Gasteiger partial charge in [-0.1, -0.05) is 79.5 Å². The van der Waals surface area contributed by atoms with Crippen LogP contribution in [-0.2, 0) is 50.1 Å². The van der Waals surface area contributed by atoms with Gasteiger partial charge in [-0.25, -0.2) is 62.0 Å². The number of aliphatic hydroxyl groups excluding tert-OH is 1. The number of allylic oxidation sites excluding steroid dienone is 1. The SMILES string of the molecule is C=C(O)c1ccc(S(=O)(=O)n2ccc(NC(=O)c3ccccn3)c2)cc1.C=C1CCCN1c1ccc(S(=O)(=O)n2ccc(NC(=O)c3ccccn3)c2)cc1.C=C1Nc2ccc(S(=O)(=O)n3ccc(NC(=O)c4ccccn4)c3)cc2S1.Cc1ccc(S(=O)(=O)n2cc(NC(=O)c3ccccn3)cc2C)cc1.O=C(Nc1ccn(S(=O)(=O)c2ccc3c(c2)OCCO3)c1)c1ccccn1. The summed E-state index contributed by atoms with van der Waals surface area (Å²) in [6, 6.07) is 60.8. The maximum Gasteiger partial charge on any atom is 0.274 e. The number of ether oxygens (including phenoxy) is 2. The highest BCUT2D eigenvalue weighted by Gasteiger charge is 2.28. The molecular formula is C93H81N17O18S6. The Labute approximate surface area is 774 Å². The Morgan fingerprint density at radius 2 is 0.761 bits per heavy atom. The van der Waals surface area contributed by atoms with Crippen LogP contribution in [0.2, 0.25) is 0 Å². The van der Waals surface area contributed by atoms with Gasteiger partial charge in [0.15, 0.2) is 11.5 Å². The smallest absolute Gasteiger partial charge is 0.274 e. The lowest BCUT2D eigenvalue weighted by Gasteiger charge is -2.19. The van der Waals surface area contributed by atoms with E-state index in [0.29, 0.717) is 64.4 Å². The van der Waals surface area contributed by atoms with Crippen molar-refractivity contribution in [1.29, 1.82) is 0 Å². The van der Waals surface area contributed by atoms with Gasteiger partial charge < -0.3 is 51.4 Å². The van der Waals surface area contributed by atoms with E-state index >= 15 is 0 Å². The largest absolute Gasteiger partial charge is 0.508 e. The predicted molar refractivity (Wildman–Crippen MR) is 505 cm³/mol. The molecule has 0 bridgehead atoms. The molecule has 13 heterocycles. The molecule has 0 radical (unpaired) electrons. The van der Waals surface area contributed by atoms with Crippen LogP contribution in [0.25, 0.3) is 5.76 Å². The molecule has 10 aromatic heterocycles. The van der Waals surface area contributed by atoms with Gasteiger partial charge in [0.2, 0.25) is 0 Å². The number of nitrogens with one attached hydrogen (secondary N) is 6. The highest BCUT2D eigenvalue weighted by Crippen LogP contribution is 2.42. The number of aliphatic hydroxyl groups is 1. The van der Waals surface area contributed by atoms with Crippen LogP contribution in [0.5, 0.6) is 11.5 Å². The summed E-state index contributed by atoms with van der Waals surface area (Å²) < 4.78 is 144. The zero-order valence-corrected chi connectivity index (χ0v) is 75.8. The van der Waals surface area contributed by atoms with Crippen LogP contribution in [0.3, 0.4) is 0 Å². The van der Waals surface area contributed by atoms with E-state index in [9.17, 15) is 71.2 Å². The van der Waals surface area contributed by atoms with Crippen LogP contribution < -0.4 is 46.3 Å². The Hall–Kier alpha value is -16.1. The number of thioether (sulfide) groups is 1. The van der Waals surface area contributed by atoms with E-state index in [1.165, 1.54) is 165 Å². The molecule has 0 saturated carbocycles. The van der Waals surface area contributed by atoms with E-state index in [1.54, 1.807) is 171 Å². The second-order valence-corrected chi connectivity index (χ2v) is 39.5. The number of carbonyl (C=O) groups excluding carboxylic acids is 5. The van der Waals surface area contributed by atoms with Crippen molar-refractivity contribution in [3.8, 4) is 11.5 Å². The van der Waals surface area contributed by atoms with E-state index in [2.05, 4.69) is 81.5 Å². The van der Waals surface area contributed by atoms with Crippen molar-refractivity contribution in [3.05, 3.63) is 393 Å². The molecule has 0 spiro atoms. The maximum absolute atomic E-state index is 12.9. The fourth-order valence-electron chi connectivity index (χ4n) is 13.1. The summed E-state index contributed by atoms with van der Waals surface area (Å²) in [6.07, 6.45) is 21.8. The number of aryl methyl sites for hydroxylation is 2. The minimum atomic E-state index is -3.84. The van der Waals surface area contributed by atoms with E-state index in [1.807, 2.05) is 6.92 Å². The number of pyridine rings is 5. The summed E-state index contributed by atoms with van der Waals surface area (Å²) in [5, 5.41) is 26.3. The van der Waals surface area contributed by atoms with Gasteiger partial charge in [0, 0.05) is 127 Å². The number of anilines is 7. The van der Waals surface area contributed by atoms with Crippen molar-refractivity contribution < 1.29 is 80.6 Å². The molecule has 7 N–H and O–H groups in total. The molecule has 3 aliphatic heterocycles. The molecule has 5 amide bonds. The van der Waals surface area contributed by atoms with Gasteiger partial charge in [0.1, 0.15) is 47.4 Å². The van der Waals surface area contributed by atoms with Crippen molar-refractivity contribution >= 4 is 137 Å². The molecule has 0 atom stereocenters. The van der Waals surface area contributed by atoms with Crippen LogP contribution in [0.15, 0.2) is 377 Å². The average Bonchev–Trinajstić information content (AvgIpc) is 1.59. The molecule has 1 saturated heterocycles. The van der Waals surface area contributed by atoms with Gasteiger partial charge in [-0.15, -0.1) is 0 Å². The van der Waals surface area contributed by atoms with Crippen molar-refractivity contribution in [2.75, 3.05) is 56.6 Å². The molecule has 134 heavy (non-hydrogen) atoms. The number of hydrogen-bond donors (Lipinski definition) is 7. The van der Waals surface area contributed by atoms with Gasteiger partial charge in [-0.3, -0.25) is 48.9 Å². The lowest BCUT2D eigenvalue weighted by molar-refractivity contribution is 0.101. The lowest BCUT2D eigenvalue weighted by Crippen LogP contribution is -2.17. The third-order valence-electron chi connectivity index (χ3n) is 19.8. The molecule has 0 aliphatic carbocycles. The fraction of sp³-hybridized carbons (Fsp3) is 0.0753. The summed E-state index contributed by atoms with van der Waals surface area (Å²) in [7, 11) is -18.9. The molecule has 0 unspecified atom stereocenters. The van der Waals surface area contributed by atoms with Crippen molar-refractivity contribution in [2.45, 2.75) is 56.1 Å². The van der Waals surface area contributed by atoms with E-state index in [0.717, 1.165) is 71.8 Å². The normalized spacial score (nSPS) is 12.6. The molecule has 682 valence electrons. The molecule has 3 aliphatic rings. The predicted octanol–water partition coefficient (Wildman–Crippen LogP) is 14.9. The van der Waals surface area contributed by atoms with Crippen LogP contribution in [0.4, 0.5) is 39.8 Å². The third-order valence-corrected chi connectivity index (χ3v) is 29.1. The number of hydrogen-bond acceptors (Lipinski definition) is 26. The van der Waals surface area contributed by atoms with Crippen molar-refractivity contribution in [1.82, 2.24) is 44.8 Å².